The molecule has 2 rings (SSSR count). The van der Waals surface area contributed by atoms with Crippen molar-refractivity contribution in [3.63, 3.8) is 0 Å². The van der Waals surface area contributed by atoms with E-state index < -0.39 is 0 Å². The van der Waals surface area contributed by atoms with Gasteiger partial charge in [-0.3, -0.25) is 0 Å². The van der Waals surface area contributed by atoms with Crippen LogP contribution < -0.4 is 10.1 Å². The van der Waals surface area contributed by atoms with Crippen molar-refractivity contribution >= 4 is 11.6 Å². The third kappa shape index (κ3) is 3.50. The summed E-state index contributed by atoms with van der Waals surface area (Å²) in [7, 11) is 1.45. The van der Waals surface area contributed by atoms with Crippen LogP contribution in [0.2, 0.25) is 5.02 Å². The number of hydrogen-bond donors (Lipinski definition) is 1. The summed E-state index contributed by atoms with van der Waals surface area (Å²) in [5.74, 6) is -0.0925. The standard InChI is InChI=1S/C16H17ClFNO/c1-11(13-5-3-4-6-14(13)17)19-10-12-7-8-16(20-2)15(18)9-12/h3-9,11,19H,10H2,1-2H3/t11-/m0/s1. The first-order valence-electron chi connectivity index (χ1n) is 6.42. The van der Waals surface area contributed by atoms with E-state index in [4.69, 9.17) is 16.3 Å². The second kappa shape index (κ2) is 6.73. The van der Waals surface area contributed by atoms with E-state index in [0.29, 0.717) is 6.54 Å². The van der Waals surface area contributed by atoms with Crippen molar-refractivity contribution in [1.29, 1.82) is 0 Å². The van der Waals surface area contributed by atoms with Crippen LogP contribution in [0, 0.1) is 5.82 Å². The first-order chi connectivity index (χ1) is 9.61. The van der Waals surface area contributed by atoms with Gasteiger partial charge in [-0.1, -0.05) is 35.9 Å². The maximum absolute atomic E-state index is 13.6. The number of hydrogen-bond acceptors (Lipinski definition) is 2. The van der Waals surface area contributed by atoms with Crippen molar-refractivity contribution in [2.75, 3.05) is 7.11 Å². The van der Waals surface area contributed by atoms with Gasteiger partial charge >= 0.3 is 0 Å². The van der Waals surface area contributed by atoms with Crippen LogP contribution in [0.15, 0.2) is 42.5 Å². The fourth-order valence-corrected chi connectivity index (χ4v) is 2.33. The molecule has 0 unspecified atom stereocenters. The topological polar surface area (TPSA) is 21.3 Å². The molecule has 106 valence electrons. The molecule has 0 aliphatic heterocycles. The Morgan fingerprint density at radius 3 is 2.65 bits per heavy atom. The molecule has 0 heterocycles. The predicted octanol–water partition coefficient (Wildman–Crippen LogP) is 4.34. The van der Waals surface area contributed by atoms with Gasteiger partial charge in [-0.15, -0.1) is 0 Å². The van der Waals surface area contributed by atoms with Crippen LogP contribution in [-0.4, -0.2) is 7.11 Å². The molecule has 0 bridgehead atoms. The molecule has 0 aliphatic rings. The molecule has 2 aromatic carbocycles. The van der Waals surface area contributed by atoms with Crippen molar-refractivity contribution in [3.05, 3.63) is 64.4 Å². The highest BCUT2D eigenvalue weighted by Crippen LogP contribution is 2.23. The number of halogens is 2. The molecule has 0 spiro atoms. The van der Waals surface area contributed by atoms with Gasteiger partial charge in [0.25, 0.3) is 0 Å². The van der Waals surface area contributed by atoms with Crippen LogP contribution in [0.25, 0.3) is 0 Å². The first-order valence-corrected chi connectivity index (χ1v) is 6.80. The summed E-state index contributed by atoms with van der Waals surface area (Å²) < 4.78 is 18.5. The van der Waals surface area contributed by atoms with Gasteiger partial charge < -0.3 is 10.1 Å². The molecule has 0 aromatic heterocycles. The maximum atomic E-state index is 13.6. The highest BCUT2D eigenvalue weighted by atomic mass is 35.5. The van der Waals surface area contributed by atoms with Gasteiger partial charge in [0.2, 0.25) is 0 Å². The highest BCUT2D eigenvalue weighted by molar-refractivity contribution is 6.31. The zero-order valence-electron chi connectivity index (χ0n) is 11.5. The Kier molecular flexibility index (Phi) is 4.99. The molecular weight excluding hydrogens is 277 g/mol. The SMILES string of the molecule is COc1ccc(CN[C@@H](C)c2ccccc2Cl)cc1F. The smallest absolute Gasteiger partial charge is 0.165 e. The van der Waals surface area contributed by atoms with Gasteiger partial charge in [0.15, 0.2) is 11.6 Å². The summed E-state index contributed by atoms with van der Waals surface area (Å²) in [6, 6.07) is 12.7. The molecule has 2 aromatic rings. The van der Waals surface area contributed by atoms with Crippen LogP contribution in [-0.2, 0) is 6.54 Å². The third-order valence-corrected chi connectivity index (χ3v) is 3.54. The average Bonchev–Trinajstić information content (AvgIpc) is 2.45. The minimum atomic E-state index is -0.350. The molecule has 2 nitrogen and oxygen atoms in total. The fourth-order valence-electron chi connectivity index (χ4n) is 2.03. The Hall–Kier alpha value is -1.58. The number of nitrogens with one attached hydrogen (secondary N) is 1. The van der Waals surface area contributed by atoms with E-state index in [9.17, 15) is 4.39 Å². The Bertz CT molecular complexity index is 588. The third-order valence-electron chi connectivity index (χ3n) is 3.20. The molecule has 4 heteroatoms. The van der Waals surface area contributed by atoms with Crippen LogP contribution in [0.5, 0.6) is 5.75 Å². The monoisotopic (exact) mass is 293 g/mol. The molecule has 0 saturated carbocycles. The van der Waals surface area contributed by atoms with Crippen molar-refractivity contribution < 1.29 is 9.13 Å². The van der Waals surface area contributed by atoms with E-state index in [0.717, 1.165) is 16.1 Å². The number of rotatable bonds is 5. The summed E-state index contributed by atoms with van der Waals surface area (Å²) in [6.07, 6.45) is 0. The van der Waals surface area contributed by atoms with Crippen LogP contribution in [0.3, 0.4) is 0 Å². The van der Waals surface area contributed by atoms with Gasteiger partial charge in [-0.2, -0.15) is 0 Å². The molecule has 0 amide bonds. The molecule has 0 radical (unpaired) electrons. The molecule has 1 N–H and O–H groups in total. The van der Waals surface area contributed by atoms with Crippen molar-refractivity contribution in [2.24, 2.45) is 0 Å². The van der Waals surface area contributed by atoms with Crippen molar-refractivity contribution in [1.82, 2.24) is 5.32 Å². The first kappa shape index (κ1) is 14.8. The van der Waals surface area contributed by atoms with Gasteiger partial charge in [-0.05, 0) is 36.2 Å². The zero-order valence-corrected chi connectivity index (χ0v) is 12.2. The summed E-state index contributed by atoms with van der Waals surface area (Å²) in [4.78, 5) is 0. The van der Waals surface area contributed by atoms with Gasteiger partial charge in [-0.25, -0.2) is 4.39 Å². The fraction of sp³-hybridized carbons (Fsp3) is 0.250. The molecule has 0 aliphatic carbocycles. The molecular formula is C16H17ClFNO. The van der Waals surface area contributed by atoms with E-state index >= 15 is 0 Å². The number of benzene rings is 2. The van der Waals surface area contributed by atoms with E-state index in [1.54, 1.807) is 6.07 Å². The Labute approximate surface area is 123 Å². The van der Waals surface area contributed by atoms with Gasteiger partial charge in [0.1, 0.15) is 0 Å². The highest BCUT2D eigenvalue weighted by Gasteiger charge is 2.09. The van der Waals surface area contributed by atoms with Crippen LogP contribution in [0.1, 0.15) is 24.1 Å². The lowest BCUT2D eigenvalue weighted by molar-refractivity contribution is 0.386. The number of methoxy groups -OCH3 is 1. The summed E-state index contributed by atoms with van der Waals surface area (Å²) >= 11 is 6.15. The summed E-state index contributed by atoms with van der Waals surface area (Å²) in [6.45, 7) is 2.59. The van der Waals surface area contributed by atoms with Crippen molar-refractivity contribution in [2.45, 2.75) is 19.5 Å². The quantitative estimate of drug-likeness (QED) is 0.885. The Morgan fingerprint density at radius 2 is 2.00 bits per heavy atom. The lowest BCUT2D eigenvalue weighted by Gasteiger charge is -2.16. The van der Waals surface area contributed by atoms with Gasteiger partial charge in [0, 0.05) is 17.6 Å². The second-order valence-corrected chi connectivity index (χ2v) is 5.00. The normalized spacial score (nSPS) is 12.2. The zero-order chi connectivity index (χ0) is 14.5. The molecule has 1 atom stereocenters. The minimum Gasteiger partial charge on any atom is -0.494 e. The summed E-state index contributed by atoms with van der Waals surface area (Å²) in [5.41, 5.74) is 1.89. The lowest BCUT2D eigenvalue weighted by Crippen LogP contribution is -2.18. The van der Waals surface area contributed by atoms with Crippen molar-refractivity contribution in [3.8, 4) is 5.75 Å². The van der Waals surface area contributed by atoms with Crippen LogP contribution in [0.4, 0.5) is 4.39 Å². The van der Waals surface area contributed by atoms with E-state index in [-0.39, 0.29) is 17.6 Å². The van der Waals surface area contributed by atoms with E-state index in [1.807, 2.05) is 37.3 Å². The molecule has 0 fully saturated rings. The second-order valence-electron chi connectivity index (χ2n) is 4.59. The lowest BCUT2D eigenvalue weighted by atomic mass is 10.1. The van der Waals surface area contributed by atoms with Crippen LogP contribution >= 0.6 is 11.6 Å². The maximum Gasteiger partial charge on any atom is 0.165 e. The minimum absolute atomic E-state index is 0.0915. The number of ether oxygens (including phenoxy) is 1. The Balaban J connectivity index is 2.02. The van der Waals surface area contributed by atoms with Gasteiger partial charge in [0.05, 0.1) is 7.11 Å². The summed E-state index contributed by atoms with van der Waals surface area (Å²) in [5, 5.41) is 4.06. The predicted molar refractivity (Wildman–Crippen MR) is 79.7 cm³/mol. The molecule has 0 saturated heterocycles. The largest absolute Gasteiger partial charge is 0.494 e. The van der Waals surface area contributed by atoms with E-state index in [1.165, 1.54) is 13.2 Å². The average molecular weight is 294 g/mol. The van der Waals surface area contributed by atoms with E-state index in [2.05, 4.69) is 5.32 Å². The molecule has 20 heavy (non-hydrogen) atoms. The Morgan fingerprint density at radius 1 is 1.25 bits per heavy atom.